The van der Waals surface area contributed by atoms with E-state index in [0.717, 1.165) is 37.3 Å². The van der Waals surface area contributed by atoms with Gasteiger partial charge in [0.15, 0.2) is 0 Å². The molecule has 0 bridgehead atoms. The number of aromatic nitrogens is 3. The Balaban J connectivity index is 1.44. The van der Waals surface area contributed by atoms with Crippen LogP contribution in [0.25, 0.3) is 5.69 Å². The van der Waals surface area contributed by atoms with Crippen molar-refractivity contribution >= 4 is 6.03 Å². The van der Waals surface area contributed by atoms with E-state index < -0.39 is 0 Å². The minimum absolute atomic E-state index is 0.197. The number of para-hydroxylation sites is 1. The number of nitrogens with zero attached hydrogens (tertiary/aromatic N) is 3. The van der Waals surface area contributed by atoms with E-state index in [1.165, 1.54) is 6.42 Å². The monoisotopic (exact) mass is 343 g/mol. The second kappa shape index (κ2) is 8.62. The lowest BCUT2D eigenvalue weighted by Gasteiger charge is -2.22. The Bertz CT molecular complexity index is 667. The third-order valence-corrected chi connectivity index (χ3v) is 4.35. The van der Waals surface area contributed by atoms with Crippen LogP contribution in [-0.4, -0.2) is 40.3 Å². The van der Waals surface area contributed by atoms with E-state index in [-0.39, 0.29) is 18.2 Å². The number of nitrogens with one attached hydrogen (secondary N) is 2. The molecule has 0 aliphatic carbocycles. The van der Waals surface area contributed by atoms with Crippen molar-refractivity contribution in [3.8, 4) is 5.69 Å². The smallest absolute Gasteiger partial charge is 0.315 e. The van der Waals surface area contributed by atoms with Crippen molar-refractivity contribution in [2.75, 3.05) is 13.2 Å². The Morgan fingerprint density at radius 1 is 1.36 bits per heavy atom. The van der Waals surface area contributed by atoms with Gasteiger partial charge in [0.05, 0.1) is 24.0 Å². The molecule has 0 unspecified atom stereocenters. The van der Waals surface area contributed by atoms with Gasteiger partial charge < -0.3 is 15.4 Å². The molecule has 7 heteroatoms. The molecular weight excluding hydrogens is 318 g/mol. The summed E-state index contributed by atoms with van der Waals surface area (Å²) in [4.78, 5) is 12.0. The number of rotatable bonds is 6. The average molecular weight is 343 g/mol. The summed E-state index contributed by atoms with van der Waals surface area (Å²) in [6.45, 7) is 3.34. The molecule has 2 N–H and O–H groups in total. The van der Waals surface area contributed by atoms with E-state index in [9.17, 15) is 4.79 Å². The molecule has 1 aromatic heterocycles. The normalized spacial score (nSPS) is 18.5. The summed E-state index contributed by atoms with van der Waals surface area (Å²) in [6.07, 6.45) is 6.40. The van der Waals surface area contributed by atoms with E-state index in [1.54, 1.807) is 4.68 Å². The minimum Gasteiger partial charge on any atom is -0.378 e. The van der Waals surface area contributed by atoms with Crippen LogP contribution < -0.4 is 10.6 Å². The standard InChI is InChI=1S/C18H25N5O2/c1-14(17-13-23(22-21-17)15-7-3-2-4-8-15)20-18(24)19-11-10-16-9-5-6-12-25-16/h2-4,7-8,13-14,16H,5-6,9-12H2,1H3,(H2,19,20,24)/t14-,16-/m1/s1. The van der Waals surface area contributed by atoms with E-state index >= 15 is 0 Å². The number of carbonyl (C=O) groups is 1. The number of urea groups is 1. The highest BCUT2D eigenvalue weighted by Crippen LogP contribution is 2.15. The van der Waals surface area contributed by atoms with Crippen LogP contribution in [0.3, 0.4) is 0 Å². The van der Waals surface area contributed by atoms with Crippen LogP contribution in [0.1, 0.15) is 44.3 Å². The fourth-order valence-electron chi connectivity index (χ4n) is 2.89. The number of ether oxygens (including phenoxy) is 1. The van der Waals surface area contributed by atoms with E-state index in [2.05, 4.69) is 20.9 Å². The lowest BCUT2D eigenvalue weighted by Crippen LogP contribution is -2.38. The first-order chi connectivity index (χ1) is 12.2. The Morgan fingerprint density at radius 3 is 2.96 bits per heavy atom. The van der Waals surface area contributed by atoms with Crippen molar-refractivity contribution in [1.29, 1.82) is 0 Å². The topological polar surface area (TPSA) is 81.1 Å². The molecule has 1 saturated heterocycles. The van der Waals surface area contributed by atoms with Gasteiger partial charge in [0.1, 0.15) is 5.69 Å². The summed E-state index contributed by atoms with van der Waals surface area (Å²) >= 11 is 0. The summed E-state index contributed by atoms with van der Waals surface area (Å²) in [5.41, 5.74) is 1.65. The predicted octanol–water partition coefficient (Wildman–Crippen LogP) is 2.59. The maximum Gasteiger partial charge on any atom is 0.315 e. The van der Waals surface area contributed by atoms with Crippen molar-refractivity contribution < 1.29 is 9.53 Å². The Hall–Kier alpha value is -2.41. The van der Waals surface area contributed by atoms with Crippen LogP contribution in [0.15, 0.2) is 36.5 Å². The Morgan fingerprint density at radius 2 is 2.20 bits per heavy atom. The maximum atomic E-state index is 12.0. The van der Waals surface area contributed by atoms with Gasteiger partial charge in [-0.3, -0.25) is 0 Å². The maximum absolute atomic E-state index is 12.0. The molecule has 2 amide bonds. The molecule has 1 fully saturated rings. The first kappa shape index (κ1) is 17.4. The molecule has 3 rings (SSSR count). The van der Waals surface area contributed by atoms with E-state index in [1.807, 2.05) is 43.5 Å². The molecule has 1 aliphatic heterocycles. The summed E-state index contributed by atoms with van der Waals surface area (Å²) < 4.78 is 7.36. The fourth-order valence-corrected chi connectivity index (χ4v) is 2.89. The number of carbonyl (C=O) groups excluding carboxylic acids is 1. The summed E-state index contributed by atoms with van der Waals surface area (Å²) in [5, 5.41) is 14.0. The van der Waals surface area contributed by atoms with Gasteiger partial charge in [0, 0.05) is 13.2 Å². The highest BCUT2D eigenvalue weighted by atomic mass is 16.5. The Kier molecular flexibility index (Phi) is 6.00. The molecule has 0 saturated carbocycles. The van der Waals surface area contributed by atoms with Crippen LogP contribution >= 0.6 is 0 Å². The highest BCUT2D eigenvalue weighted by molar-refractivity contribution is 5.74. The van der Waals surface area contributed by atoms with Crippen molar-refractivity contribution in [2.24, 2.45) is 0 Å². The molecule has 0 radical (unpaired) electrons. The number of hydrogen-bond donors (Lipinski definition) is 2. The van der Waals surface area contributed by atoms with Crippen molar-refractivity contribution in [3.63, 3.8) is 0 Å². The lowest BCUT2D eigenvalue weighted by atomic mass is 10.1. The van der Waals surface area contributed by atoms with Crippen LogP contribution in [0.5, 0.6) is 0 Å². The quantitative estimate of drug-likeness (QED) is 0.845. The molecule has 0 spiro atoms. The fraction of sp³-hybridized carbons (Fsp3) is 0.500. The number of hydrogen-bond acceptors (Lipinski definition) is 4. The van der Waals surface area contributed by atoms with E-state index in [4.69, 9.17) is 4.74 Å². The third-order valence-electron chi connectivity index (χ3n) is 4.35. The first-order valence-corrected chi connectivity index (χ1v) is 8.86. The second-order valence-corrected chi connectivity index (χ2v) is 6.32. The molecule has 25 heavy (non-hydrogen) atoms. The molecule has 1 aromatic carbocycles. The number of amides is 2. The molecule has 2 atom stereocenters. The van der Waals surface area contributed by atoms with Gasteiger partial charge in [0.25, 0.3) is 0 Å². The zero-order valence-electron chi connectivity index (χ0n) is 14.5. The lowest BCUT2D eigenvalue weighted by molar-refractivity contribution is 0.0120. The molecule has 7 nitrogen and oxygen atoms in total. The van der Waals surface area contributed by atoms with Crippen LogP contribution in [-0.2, 0) is 4.74 Å². The third kappa shape index (κ3) is 5.03. The summed E-state index contributed by atoms with van der Waals surface area (Å²) in [7, 11) is 0. The highest BCUT2D eigenvalue weighted by Gasteiger charge is 2.16. The SMILES string of the molecule is C[C@@H](NC(=O)NCC[C@H]1CCCCO1)c1cn(-c2ccccc2)nn1. The molecule has 1 aliphatic rings. The molecular formula is C18H25N5O2. The van der Waals surface area contributed by atoms with Crippen molar-refractivity contribution in [1.82, 2.24) is 25.6 Å². The van der Waals surface area contributed by atoms with Gasteiger partial charge in [0.2, 0.25) is 0 Å². The second-order valence-electron chi connectivity index (χ2n) is 6.32. The van der Waals surface area contributed by atoms with Gasteiger partial charge in [-0.05, 0) is 44.7 Å². The average Bonchev–Trinajstić information content (AvgIpc) is 3.14. The predicted molar refractivity (Wildman–Crippen MR) is 94.5 cm³/mol. The van der Waals surface area contributed by atoms with Crippen LogP contribution in [0, 0.1) is 0 Å². The minimum atomic E-state index is -0.219. The molecule has 2 aromatic rings. The van der Waals surface area contributed by atoms with Gasteiger partial charge in [-0.25, -0.2) is 9.48 Å². The largest absolute Gasteiger partial charge is 0.378 e. The zero-order valence-corrected chi connectivity index (χ0v) is 14.5. The van der Waals surface area contributed by atoms with E-state index in [0.29, 0.717) is 6.54 Å². The van der Waals surface area contributed by atoms with Gasteiger partial charge in [-0.15, -0.1) is 5.10 Å². The van der Waals surface area contributed by atoms with Crippen molar-refractivity contribution in [3.05, 3.63) is 42.2 Å². The van der Waals surface area contributed by atoms with Gasteiger partial charge in [-0.2, -0.15) is 0 Å². The van der Waals surface area contributed by atoms with Crippen molar-refractivity contribution in [2.45, 2.75) is 44.8 Å². The first-order valence-electron chi connectivity index (χ1n) is 8.86. The van der Waals surface area contributed by atoms with Crippen LogP contribution in [0.4, 0.5) is 4.79 Å². The zero-order chi connectivity index (χ0) is 17.5. The van der Waals surface area contributed by atoms with Gasteiger partial charge >= 0.3 is 6.03 Å². The summed E-state index contributed by atoms with van der Waals surface area (Å²) in [5.74, 6) is 0. The number of benzene rings is 1. The van der Waals surface area contributed by atoms with Crippen LogP contribution in [0.2, 0.25) is 0 Å². The van der Waals surface area contributed by atoms with Gasteiger partial charge in [-0.1, -0.05) is 23.4 Å². The Labute approximate surface area is 147 Å². The molecule has 134 valence electrons. The molecule has 2 heterocycles. The summed E-state index contributed by atoms with van der Waals surface area (Å²) in [6, 6.07) is 9.34.